The van der Waals surface area contributed by atoms with E-state index < -0.39 is 5.72 Å². The van der Waals surface area contributed by atoms with Crippen LogP contribution in [-0.4, -0.2) is 35.7 Å². The smallest absolute Gasteiger partial charge is 0.275 e. The molecule has 0 bridgehead atoms. The predicted octanol–water partition coefficient (Wildman–Crippen LogP) is 5.01. The molecule has 0 spiro atoms. The number of anilines is 1. The fourth-order valence-corrected chi connectivity index (χ4v) is 4.96. The molecule has 1 atom stereocenters. The van der Waals surface area contributed by atoms with Crippen LogP contribution in [0.15, 0.2) is 78.9 Å². The van der Waals surface area contributed by atoms with Gasteiger partial charge in [-0.1, -0.05) is 66.7 Å². The van der Waals surface area contributed by atoms with E-state index in [9.17, 15) is 5.11 Å². The van der Waals surface area contributed by atoms with Gasteiger partial charge in [0, 0.05) is 12.0 Å². The summed E-state index contributed by atoms with van der Waals surface area (Å²) in [7, 11) is 1.69. The first-order valence-electron chi connectivity index (χ1n) is 11.1. The van der Waals surface area contributed by atoms with Crippen LogP contribution in [0.1, 0.15) is 31.2 Å². The Labute approximate surface area is 184 Å². The largest absolute Gasteiger partial charge is 0.492 e. The van der Waals surface area contributed by atoms with Crippen LogP contribution >= 0.6 is 0 Å². The molecule has 2 aliphatic rings. The maximum absolute atomic E-state index is 12.2. The topological polar surface area (TPSA) is 35.7 Å². The second-order valence-corrected chi connectivity index (χ2v) is 8.42. The summed E-state index contributed by atoms with van der Waals surface area (Å²) in [6, 6.07) is 26.7. The Morgan fingerprint density at radius 1 is 0.839 bits per heavy atom. The second-order valence-electron chi connectivity index (χ2n) is 8.42. The van der Waals surface area contributed by atoms with Gasteiger partial charge in [-0.25, -0.2) is 0 Å². The van der Waals surface area contributed by atoms with Gasteiger partial charge in [0.05, 0.1) is 13.7 Å². The zero-order valence-corrected chi connectivity index (χ0v) is 18.0. The molecular formula is C27H29N2O2+. The van der Waals surface area contributed by atoms with Crippen molar-refractivity contribution in [2.75, 3.05) is 25.1 Å². The first kappa shape index (κ1) is 19.8. The number of benzene rings is 3. The summed E-state index contributed by atoms with van der Waals surface area (Å²) < 4.78 is 8.06. The van der Waals surface area contributed by atoms with Crippen LogP contribution in [0.25, 0.3) is 11.1 Å². The lowest BCUT2D eigenvalue weighted by Gasteiger charge is -2.30. The van der Waals surface area contributed by atoms with E-state index in [1.807, 2.05) is 30.3 Å². The van der Waals surface area contributed by atoms with E-state index in [1.165, 1.54) is 17.8 Å². The summed E-state index contributed by atoms with van der Waals surface area (Å²) >= 11 is 0. The van der Waals surface area contributed by atoms with Crippen LogP contribution in [0.4, 0.5) is 5.69 Å². The van der Waals surface area contributed by atoms with Crippen LogP contribution in [0, 0.1) is 0 Å². The first-order valence-corrected chi connectivity index (χ1v) is 11.1. The van der Waals surface area contributed by atoms with Gasteiger partial charge in [0.25, 0.3) is 11.6 Å². The highest BCUT2D eigenvalue weighted by Gasteiger charge is 2.54. The van der Waals surface area contributed by atoms with Gasteiger partial charge in [-0.15, -0.1) is 0 Å². The molecule has 2 aliphatic heterocycles. The highest BCUT2D eigenvalue weighted by molar-refractivity contribution is 5.98. The van der Waals surface area contributed by atoms with E-state index in [0.717, 1.165) is 48.4 Å². The minimum Gasteiger partial charge on any atom is -0.492 e. The van der Waals surface area contributed by atoms with Crippen molar-refractivity contribution in [1.82, 2.24) is 0 Å². The summed E-state index contributed by atoms with van der Waals surface area (Å²) in [5.74, 6) is 1.97. The van der Waals surface area contributed by atoms with E-state index in [1.54, 1.807) is 7.11 Å². The standard InChI is InChI=1S/C27H29N2O2/c1-31-25-13-8-7-12-24(25)29-26-14-6-3-9-19-28(26)20-27(29,30)23-17-15-22(16-18-23)21-10-4-2-5-11-21/h2,4-5,7-8,10-13,15-18,30H,3,6,9,14,19-20H2,1H3/q+1/t27-/m0/s1. The number of hydrogen-bond donors (Lipinski definition) is 1. The fourth-order valence-electron chi connectivity index (χ4n) is 4.96. The molecule has 31 heavy (non-hydrogen) atoms. The van der Waals surface area contributed by atoms with Crippen molar-refractivity contribution in [3.8, 4) is 16.9 Å². The molecule has 3 aromatic rings. The molecule has 0 amide bonds. The van der Waals surface area contributed by atoms with Gasteiger partial charge in [0.1, 0.15) is 0 Å². The van der Waals surface area contributed by atoms with E-state index in [0.29, 0.717) is 6.54 Å². The number of ether oxygens (including phenoxy) is 1. The van der Waals surface area contributed by atoms with Crippen molar-refractivity contribution in [2.24, 2.45) is 0 Å². The van der Waals surface area contributed by atoms with Gasteiger partial charge in [0.15, 0.2) is 18.0 Å². The van der Waals surface area contributed by atoms with Gasteiger partial charge in [-0.05, 0) is 42.5 Å². The molecule has 0 saturated heterocycles. The number of amidine groups is 1. The third-order valence-electron chi connectivity index (χ3n) is 6.51. The molecular weight excluding hydrogens is 384 g/mol. The quantitative estimate of drug-likeness (QED) is 0.611. The minimum absolute atomic E-state index is 0.561. The highest BCUT2D eigenvalue weighted by atomic mass is 16.5. The summed E-state index contributed by atoms with van der Waals surface area (Å²) in [6.45, 7) is 1.54. The number of methoxy groups -OCH3 is 1. The lowest BCUT2D eigenvalue weighted by Crippen LogP contribution is -2.47. The van der Waals surface area contributed by atoms with E-state index >= 15 is 0 Å². The molecule has 4 nitrogen and oxygen atoms in total. The molecule has 0 fully saturated rings. The molecule has 0 saturated carbocycles. The van der Waals surface area contributed by atoms with Crippen molar-refractivity contribution in [3.63, 3.8) is 0 Å². The third kappa shape index (κ3) is 3.51. The number of aliphatic hydroxyl groups is 1. The van der Waals surface area contributed by atoms with Crippen LogP contribution in [0.2, 0.25) is 0 Å². The van der Waals surface area contributed by atoms with Crippen molar-refractivity contribution in [1.29, 1.82) is 0 Å². The number of nitrogens with zero attached hydrogens (tertiary/aromatic N) is 2. The van der Waals surface area contributed by atoms with Crippen LogP contribution in [-0.2, 0) is 5.72 Å². The Bertz CT molecular complexity index is 1090. The Morgan fingerprint density at radius 2 is 1.55 bits per heavy atom. The third-order valence-corrected chi connectivity index (χ3v) is 6.51. The zero-order chi connectivity index (χ0) is 21.3. The summed E-state index contributed by atoms with van der Waals surface area (Å²) in [5.41, 5.74) is 3.00. The maximum atomic E-state index is 12.2. The van der Waals surface area contributed by atoms with Crippen LogP contribution in [0.3, 0.4) is 0 Å². The lowest BCUT2D eigenvalue weighted by molar-refractivity contribution is -0.534. The van der Waals surface area contributed by atoms with Gasteiger partial charge in [-0.2, -0.15) is 4.90 Å². The normalized spacial score (nSPS) is 21.0. The molecule has 0 aliphatic carbocycles. The molecule has 5 rings (SSSR count). The molecule has 1 N–H and O–H groups in total. The minimum atomic E-state index is -1.14. The van der Waals surface area contributed by atoms with Gasteiger partial charge in [-0.3, -0.25) is 4.58 Å². The molecule has 158 valence electrons. The summed E-state index contributed by atoms with van der Waals surface area (Å²) in [5, 5.41) is 12.2. The first-order chi connectivity index (χ1) is 15.2. The van der Waals surface area contributed by atoms with Crippen LogP contribution < -0.4 is 9.64 Å². The number of hydrogen-bond acceptors (Lipinski definition) is 3. The summed E-state index contributed by atoms with van der Waals surface area (Å²) in [4.78, 5) is 2.12. The highest BCUT2D eigenvalue weighted by Crippen LogP contribution is 2.42. The van der Waals surface area contributed by atoms with Crippen molar-refractivity contribution < 1.29 is 14.4 Å². The molecule has 2 heterocycles. The molecule has 4 heteroatoms. The Balaban J connectivity index is 1.59. The average molecular weight is 414 g/mol. The Morgan fingerprint density at radius 3 is 2.32 bits per heavy atom. The number of rotatable bonds is 4. The fraction of sp³-hybridized carbons (Fsp3) is 0.296. The average Bonchev–Trinajstić information content (AvgIpc) is 2.95. The van der Waals surface area contributed by atoms with E-state index in [4.69, 9.17) is 4.74 Å². The van der Waals surface area contributed by atoms with Gasteiger partial charge >= 0.3 is 0 Å². The SMILES string of the molecule is COc1ccccc1N1C2=[N+](CCCCC2)C[C@]1(O)c1ccc(-c2ccccc2)cc1. The molecule has 0 aromatic heterocycles. The molecule has 3 aromatic carbocycles. The van der Waals surface area contributed by atoms with Gasteiger partial charge in [0.2, 0.25) is 0 Å². The Hall–Kier alpha value is -3.11. The summed E-state index contributed by atoms with van der Waals surface area (Å²) in [6.07, 6.45) is 4.49. The van der Waals surface area contributed by atoms with Crippen LogP contribution in [0.5, 0.6) is 5.75 Å². The van der Waals surface area contributed by atoms with Crippen molar-refractivity contribution in [2.45, 2.75) is 31.4 Å². The predicted molar refractivity (Wildman–Crippen MR) is 125 cm³/mol. The van der Waals surface area contributed by atoms with E-state index in [2.05, 4.69) is 58.0 Å². The van der Waals surface area contributed by atoms with E-state index in [-0.39, 0.29) is 0 Å². The van der Waals surface area contributed by atoms with Crippen molar-refractivity contribution >= 4 is 11.5 Å². The maximum Gasteiger partial charge on any atom is 0.275 e. The monoisotopic (exact) mass is 413 g/mol. The van der Waals surface area contributed by atoms with Gasteiger partial charge < -0.3 is 9.84 Å². The second kappa shape index (κ2) is 8.20. The zero-order valence-electron chi connectivity index (χ0n) is 18.0. The molecule has 0 radical (unpaired) electrons. The van der Waals surface area contributed by atoms with Crippen molar-refractivity contribution in [3.05, 3.63) is 84.4 Å². The Kier molecular flexibility index (Phi) is 5.24. The molecule has 0 unspecified atom stereocenters. The number of para-hydroxylation sites is 2. The lowest BCUT2D eigenvalue weighted by atomic mass is 9.96.